The van der Waals surface area contributed by atoms with Crippen LogP contribution in [-0.2, 0) is 0 Å². The fraction of sp³-hybridized carbons (Fsp3) is 0. The molecule has 6 heterocycles. The highest BCUT2D eigenvalue weighted by molar-refractivity contribution is 6.28. The zero-order chi connectivity index (χ0) is 54.1. The second kappa shape index (κ2) is 21.0. The van der Waals surface area contributed by atoms with E-state index < -0.39 is 0 Å². The topological polar surface area (TPSA) is 159 Å². The van der Waals surface area contributed by atoms with Crippen molar-refractivity contribution in [3.05, 3.63) is 260 Å². The van der Waals surface area contributed by atoms with E-state index in [4.69, 9.17) is 26.6 Å². The predicted molar refractivity (Wildman–Crippen MR) is 321 cm³/mol. The van der Waals surface area contributed by atoms with Crippen LogP contribution in [0.15, 0.2) is 255 Å². The predicted octanol–water partition coefficient (Wildman–Crippen LogP) is 15.0. The molecule has 0 unspecified atom stereocenters. The molecule has 6 aromatic heterocycles. The summed E-state index contributed by atoms with van der Waals surface area (Å²) < 4.78 is 5.98. The summed E-state index contributed by atoms with van der Waals surface area (Å²) in [5.74, 6) is 2.95. The van der Waals surface area contributed by atoms with E-state index in [1.165, 1.54) is 5.39 Å². The Morgan fingerprint density at radius 2 is 0.802 bits per heavy atom. The molecule has 10 aromatic carbocycles. The summed E-state index contributed by atoms with van der Waals surface area (Å²) >= 11 is 5.99. The van der Waals surface area contributed by atoms with E-state index in [1.807, 2.05) is 210 Å². The molecule has 0 aliphatic heterocycles. The average Bonchev–Trinajstić information content (AvgIpc) is 4.50. The number of H-pyrrole nitrogens is 1. The van der Waals surface area contributed by atoms with Crippen LogP contribution in [0.1, 0.15) is 0 Å². The summed E-state index contributed by atoms with van der Waals surface area (Å²) in [4.78, 5) is 32.4. The monoisotopic (exact) mass is 1070 g/mol. The molecule has 16 aromatic rings. The third kappa shape index (κ3) is 9.43. The molecule has 0 saturated heterocycles. The van der Waals surface area contributed by atoms with E-state index in [-0.39, 0.29) is 5.28 Å². The number of halogens is 1. The summed E-state index contributed by atoms with van der Waals surface area (Å²) in [7, 11) is 0. The van der Waals surface area contributed by atoms with Gasteiger partial charge in [-0.15, -0.1) is 5.10 Å². The lowest BCUT2D eigenvalue weighted by atomic mass is 10.1. The van der Waals surface area contributed by atoms with Crippen LogP contribution in [0.5, 0.6) is 0 Å². The van der Waals surface area contributed by atoms with Crippen molar-refractivity contribution in [2.75, 3.05) is 0 Å². The number of hydrogen-bond acceptors (Lipinski definition) is 10. The number of nitrogens with zero attached hydrogens (tertiary/aromatic N) is 13. The lowest BCUT2D eigenvalue weighted by molar-refractivity contribution is 0.824. The van der Waals surface area contributed by atoms with Gasteiger partial charge < -0.3 is 0 Å². The Balaban J connectivity index is 0.000000121. The second-order valence-corrected chi connectivity index (χ2v) is 19.3. The number of benzene rings is 10. The van der Waals surface area contributed by atoms with Crippen molar-refractivity contribution >= 4 is 77.3 Å². The van der Waals surface area contributed by atoms with Crippen molar-refractivity contribution in [2.45, 2.75) is 0 Å². The maximum absolute atomic E-state index is 5.99. The van der Waals surface area contributed by atoms with Crippen LogP contribution in [0.2, 0.25) is 5.28 Å². The largest absolute Gasteiger partial charge is 0.278 e. The zero-order valence-electron chi connectivity index (χ0n) is 42.9. The lowest BCUT2D eigenvalue weighted by Crippen LogP contribution is -2.06. The summed E-state index contributed by atoms with van der Waals surface area (Å²) in [6.45, 7) is 0. The van der Waals surface area contributed by atoms with Gasteiger partial charge in [0.15, 0.2) is 23.3 Å². The molecule has 0 atom stereocenters. The smallest absolute Gasteiger partial charge is 0.238 e. The third-order valence-corrected chi connectivity index (χ3v) is 14.0. The molecular formula is C66H43ClN14. The maximum atomic E-state index is 5.99. The fourth-order valence-corrected chi connectivity index (χ4v) is 10.2. The van der Waals surface area contributed by atoms with Crippen molar-refractivity contribution in [3.63, 3.8) is 0 Å². The van der Waals surface area contributed by atoms with E-state index in [2.05, 4.69) is 99.7 Å². The normalized spacial score (nSPS) is 11.3. The van der Waals surface area contributed by atoms with Gasteiger partial charge in [-0.25, -0.2) is 29.5 Å². The number of aromatic amines is 1. The molecule has 0 amide bonds. The summed E-state index contributed by atoms with van der Waals surface area (Å²) in [6, 6.07) is 84.7. The first kappa shape index (κ1) is 48.3. The molecule has 0 spiro atoms. The third-order valence-electron chi connectivity index (χ3n) is 13.9. The van der Waals surface area contributed by atoms with E-state index >= 15 is 0 Å². The quantitative estimate of drug-likeness (QED) is 0.163. The van der Waals surface area contributed by atoms with E-state index in [9.17, 15) is 0 Å². The number of rotatable bonds is 7. The first-order valence-corrected chi connectivity index (χ1v) is 26.5. The molecule has 0 aliphatic rings. The van der Waals surface area contributed by atoms with Crippen LogP contribution < -0.4 is 0 Å². The second-order valence-electron chi connectivity index (χ2n) is 18.9. The minimum absolute atomic E-state index is 0.202. The fourth-order valence-electron chi connectivity index (χ4n) is 10.0. The number of hydrogen-bond donors (Lipinski definition) is 1. The van der Waals surface area contributed by atoms with Gasteiger partial charge >= 0.3 is 0 Å². The van der Waals surface area contributed by atoms with Gasteiger partial charge in [0.05, 0.1) is 44.5 Å². The summed E-state index contributed by atoms with van der Waals surface area (Å²) in [5, 5.41) is 21.2. The Labute approximate surface area is 467 Å². The first-order valence-electron chi connectivity index (χ1n) is 26.1. The van der Waals surface area contributed by atoms with E-state index in [0.717, 1.165) is 93.9 Å². The lowest BCUT2D eigenvalue weighted by Gasteiger charge is -2.10. The van der Waals surface area contributed by atoms with Gasteiger partial charge in [-0.1, -0.05) is 199 Å². The standard InChI is InChI=1S/C33H21N7.C18H12N4.C15H10ClN3/c1-4-12-22(13-5-1)31-34-32(23-14-6-2-7-15-23)36-33(35-31)39-28-19-11-10-18-25(28)26-20-30-27(21-29(26)39)37-38-40(30)24-16-8-3-9-17-24;1-2-6-12(7-3-1)22-18-10-14-13-8-4-5-9-15(13)19-16(14)11-17(18)20-21-22;16-15-18-13(11-7-3-1-4-8-11)17-14(19-15)12-9-5-2-6-10-12/h1-21H;1-11,21H;1-10H. The molecule has 0 aliphatic carbocycles. The maximum Gasteiger partial charge on any atom is 0.238 e. The minimum atomic E-state index is 0.202. The molecule has 81 heavy (non-hydrogen) atoms. The van der Waals surface area contributed by atoms with E-state index in [0.29, 0.717) is 29.2 Å². The van der Waals surface area contributed by atoms with Crippen molar-refractivity contribution in [1.29, 1.82) is 0 Å². The molecule has 14 nitrogen and oxygen atoms in total. The highest BCUT2D eigenvalue weighted by Crippen LogP contribution is 2.36. The minimum Gasteiger partial charge on any atom is -0.278 e. The Morgan fingerprint density at radius 1 is 0.321 bits per heavy atom. The van der Waals surface area contributed by atoms with Crippen molar-refractivity contribution in [2.24, 2.45) is 0 Å². The number of para-hydroxylation sites is 4. The van der Waals surface area contributed by atoms with Crippen LogP contribution in [0.4, 0.5) is 0 Å². The molecule has 0 saturated carbocycles. The molecule has 0 fully saturated rings. The summed E-state index contributed by atoms with van der Waals surface area (Å²) in [5.41, 5.74) is 13.4. The van der Waals surface area contributed by atoms with Crippen LogP contribution in [0.25, 0.3) is 129 Å². The Kier molecular flexibility index (Phi) is 12.5. The molecule has 384 valence electrons. The van der Waals surface area contributed by atoms with Gasteiger partial charge in [0.1, 0.15) is 11.0 Å². The van der Waals surface area contributed by atoms with Crippen LogP contribution >= 0.6 is 11.6 Å². The number of aromatic nitrogens is 14. The number of nitrogens with one attached hydrogen (secondary N) is 1. The van der Waals surface area contributed by atoms with E-state index in [1.54, 1.807) is 0 Å². The van der Waals surface area contributed by atoms with Crippen LogP contribution in [0.3, 0.4) is 0 Å². The highest BCUT2D eigenvalue weighted by atomic mass is 35.5. The van der Waals surface area contributed by atoms with Crippen LogP contribution in [-0.4, -0.2) is 69.4 Å². The van der Waals surface area contributed by atoms with Gasteiger partial charge in [0.2, 0.25) is 11.2 Å². The molecule has 0 bridgehead atoms. The van der Waals surface area contributed by atoms with Gasteiger partial charge in [-0.3, -0.25) is 4.57 Å². The average molecular weight is 1070 g/mol. The molecule has 0 radical (unpaired) electrons. The van der Waals surface area contributed by atoms with Crippen molar-refractivity contribution in [3.8, 4) is 62.9 Å². The Morgan fingerprint density at radius 3 is 1.38 bits per heavy atom. The van der Waals surface area contributed by atoms with Gasteiger partial charge in [0, 0.05) is 43.8 Å². The molecular weight excluding hydrogens is 1020 g/mol. The Hall–Kier alpha value is -11.1. The van der Waals surface area contributed by atoms with Gasteiger partial charge in [-0.05, 0) is 72.3 Å². The van der Waals surface area contributed by atoms with Crippen molar-refractivity contribution < 1.29 is 0 Å². The van der Waals surface area contributed by atoms with Gasteiger partial charge in [-0.2, -0.15) is 25.0 Å². The SMILES string of the molecule is Clc1nc(-c2ccccc2)nc(-c2ccccc2)n1.c1ccc(-c2nc(-c3ccccc3)nc(-n3c4ccccc4c4cc5c(cc43)nnn5-c3ccccc3)n2)cc1.c1ccc(-n2[nH]nc3cc4nc5ccccc5c4cc32)cc1. The van der Waals surface area contributed by atoms with Crippen molar-refractivity contribution in [1.82, 2.24) is 69.4 Å². The van der Waals surface area contributed by atoms with Crippen LogP contribution in [0, 0.1) is 0 Å². The zero-order valence-corrected chi connectivity index (χ0v) is 43.7. The Bertz CT molecular complexity index is 4760. The first-order chi connectivity index (χ1) is 40.1. The number of fused-ring (bicyclic) bond motifs is 8. The summed E-state index contributed by atoms with van der Waals surface area (Å²) in [6.07, 6.45) is 0. The van der Waals surface area contributed by atoms with Gasteiger partial charge in [0.25, 0.3) is 0 Å². The molecule has 1 N–H and O–H groups in total. The molecule has 16 rings (SSSR count). The highest BCUT2D eigenvalue weighted by Gasteiger charge is 2.20. The molecule has 15 heteroatoms.